The highest BCUT2D eigenvalue weighted by atomic mass is 35.5. The van der Waals surface area contributed by atoms with E-state index in [1.165, 1.54) is 0 Å². The first-order chi connectivity index (χ1) is 21.8. The van der Waals surface area contributed by atoms with Gasteiger partial charge in [0, 0.05) is 23.3 Å². The lowest BCUT2D eigenvalue weighted by atomic mass is 9.92. The molecule has 0 spiro atoms. The molecule has 0 bridgehead atoms. The number of aliphatic hydroxyl groups excluding tert-OH is 1. The maximum Gasteiger partial charge on any atom is 0.305 e. The van der Waals surface area contributed by atoms with Crippen LogP contribution in [0.1, 0.15) is 93.4 Å². The van der Waals surface area contributed by atoms with Crippen LogP contribution in [0.3, 0.4) is 0 Å². The molecule has 1 aliphatic carbocycles. The summed E-state index contributed by atoms with van der Waals surface area (Å²) in [7, 11) is -4.24. The second-order valence-corrected chi connectivity index (χ2v) is 26.1. The lowest BCUT2D eigenvalue weighted by Crippen LogP contribution is -2.45. The molecule has 9 heteroatoms. The van der Waals surface area contributed by atoms with Crippen molar-refractivity contribution in [2.24, 2.45) is 11.8 Å². The molecule has 268 valence electrons. The van der Waals surface area contributed by atoms with Gasteiger partial charge < -0.3 is 23.4 Å². The quantitative estimate of drug-likeness (QED) is 0.0708. The van der Waals surface area contributed by atoms with Crippen LogP contribution < -0.4 is 4.74 Å². The van der Waals surface area contributed by atoms with Crippen molar-refractivity contribution in [1.29, 1.82) is 0 Å². The Morgan fingerprint density at radius 2 is 1.68 bits per heavy atom. The summed E-state index contributed by atoms with van der Waals surface area (Å²) in [5.41, 5.74) is 0. The molecule has 0 aromatic heterocycles. The zero-order valence-electron chi connectivity index (χ0n) is 31.2. The van der Waals surface area contributed by atoms with Crippen LogP contribution in [0.2, 0.25) is 41.3 Å². The fourth-order valence-electron chi connectivity index (χ4n) is 5.11. The predicted octanol–water partition coefficient (Wildman–Crippen LogP) is 10.5. The van der Waals surface area contributed by atoms with Crippen molar-refractivity contribution >= 4 is 34.2 Å². The van der Waals surface area contributed by atoms with Crippen LogP contribution in [0.5, 0.6) is 5.75 Å². The standard InChI is InChI=1S/C38H65ClO6Si2/c1-12-13-25-42-36(41)22-17-15-14-16-21-32-33(35(27-34(32)40)45-47(10,11)38(5,6)7)24-23-31(44-46(8,9)37(2,3)4)28-43-30-20-18-19-29(39)26-30/h16,18-21,23-24,26,31-35,40H,12-15,17,22,25,27-28H2,1-11H3/b21-16-,24-23+/t31-,32-,33-,34+,35-/m1/s1. The summed E-state index contributed by atoms with van der Waals surface area (Å²) in [5.74, 6) is 0.501. The Kier molecular flexibility index (Phi) is 16.5. The van der Waals surface area contributed by atoms with E-state index in [4.69, 9.17) is 29.9 Å². The molecule has 5 atom stereocenters. The van der Waals surface area contributed by atoms with Gasteiger partial charge in [0.05, 0.1) is 24.9 Å². The Morgan fingerprint density at radius 1 is 1.00 bits per heavy atom. The summed E-state index contributed by atoms with van der Waals surface area (Å²) in [4.78, 5) is 12.0. The summed E-state index contributed by atoms with van der Waals surface area (Å²) >= 11 is 6.23. The van der Waals surface area contributed by atoms with Gasteiger partial charge in [0.15, 0.2) is 16.6 Å². The summed E-state index contributed by atoms with van der Waals surface area (Å²) in [6.07, 6.45) is 13.3. The fourth-order valence-corrected chi connectivity index (χ4v) is 7.91. The maximum absolute atomic E-state index is 12.0. The number of ether oxygens (including phenoxy) is 2. The van der Waals surface area contributed by atoms with Crippen molar-refractivity contribution < 1.29 is 28.2 Å². The number of hydrogen-bond donors (Lipinski definition) is 1. The topological polar surface area (TPSA) is 74.2 Å². The lowest BCUT2D eigenvalue weighted by Gasteiger charge is -2.40. The van der Waals surface area contributed by atoms with E-state index >= 15 is 0 Å². The number of hydrogen-bond acceptors (Lipinski definition) is 6. The molecular weight excluding hydrogens is 644 g/mol. The molecule has 47 heavy (non-hydrogen) atoms. The number of carbonyl (C=O) groups excluding carboxylic acids is 1. The van der Waals surface area contributed by atoms with Gasteiger partial charge in [0.25, 0.3) is 0 Å². The highest BCUT2D eigenvalue weighted by Crippen LogP contribution is 2.44. The summed E-state index contributed by atoms with van der Waals surface area (Å²) in [5, 5.41) is 12.1. The van der Waals surface area contributed by atoms with Crippen molar-refractivity contribution in [3.63, 3.8) is 0 Å². The third-order valence-electron chi connectivity index (χ3n) is 10.2. The Hall–Kier alpha value is -1.43. The molecule has 0 heterocycles. The molecule has 0 radical (unpaired) electrons. The molecule has 1 saturated carbocycles. The molecule has 0 unspecified atom stereocenters. The van der Waals surface area contributed by atoms with Gasteiger partial charge in [-0.2, -0.15) is 0 Å². The normalized spacial score (nSPS) is 21.9. The fraction of sp³-hybridized carbons (Fsp3) is 0.711. The molecule has 1 fully saturated rings. The van der Waals surface area contributed by atoms with Gasteiger partial charge in [-0.25, -0.2) is 0 Å². The van der Waals surface area contributed by atoms with Gasteiger partial charge in [-0.05, 0) is 86.6 Å². The van der Waals surface area contributed by atoms with E-state index in [-0.39, 0.29) is 40.1 Å². The van der Waals surface area contributed by atoms with Gasteiger partial charge in [0.2, 0.25) is 0 Å². The summed E-state index contributed by atoms with van der Waals surface area (Å²) < 4.78 is 25.4. The number of halogens is 1. The maximum atomic E-state index is 12.0. The molecule has 1 N–H and O–H groups in total. The van der Waals surface area contributed by atoms with E-state index in [0.717, 1.165) is 32.1 Å². The monoisotopic (exact) mass is 708 g/mol. The van der Waals surface area contributed by atoms with Crippen LogP contribution in [0.15, 0.2) is 48.6 Å². The number of rotatable bonds is 18. The van der Waals surface area contributed by atoms with Crippen LogP contribution in [-0.2, 0) is 18.4 Å². The van der Waals surface area contributed by atoms with Gasteiger partial charge in [0.1, 0.15) is 12.4 Å². The first-order valence-corrected chi connectivity index (χ1v) is 23.9. The molecule has 0 aliphatic heterocycles. The Morgan fingerprint density at radius 3 is 2.30 bits per heavy atom. The number of carbonyl (C=O) groups is 1. The Bertz CT molecular complexity index is 1150. The van der Waals surface area contributed by atoms with Crippen molar-refractivity contribution in [3.05, 3.63) is 53.6 Å². The van der Waals surface area contributed by atoms with Crippen molar-refractivity contribution in [2.45, 2.75) is 148 Å². The third-order valence-corrected chi connectivity index (χ3v) is 19.4. The summed E-state index contributed by atoms with van der Waals surface area (Å²) in [6, 6.07) is 7.45. The molecule has 0 saturated heterocycles. The van der Waals surface area contributed by atoms with Crippen LogP contribution >= 0.6 is 11.6 Å². The molecule has 1 aromatic rings. The third kappa shape index (κ3) is 13.8. The van der Waals surface area contributed by atoms with E-state index in [9.17, 15) is 9.90 Å². The molecule has 0 amide bonds. The lowest BCUT2D eigenvalue weighted by molar-refractivity contribution is -0.143. The van der Waals surface area contributed by atoms with E-state index < -0.39 is 22.7 Å². The first kappa shape index (κ1) is 41.7. The minimum Gasteiger partial charge on any atom is -0.491 e. The SMILES string of the molecule is CCCCOC(=O)CCCC/C=C\[C@@H]1[C@@H](/C=C/[C@H](COc2cccc(Cl)c2)O[Si](C)(C)C(C)(C)C)[C@H](O[Si](C)(C)C(C)(C)C)C[C@@H]1O. The van der Waals surface area contributed by atoms with Gasteiger partial charge in [-0.1, -0.05) is 96.9 Å². The number of aliphatic hydroxyl groups is 1. The predicted molar refractivity (Wildman–Crippen MR) is 201 cm³/mol. The Labute approximate surface area is 293 Å². The zero-order chi connectivity index (χ0) is 35.5. The minimum absolute atomic E-state index is 0.0133. The van der Waals surface area contributed by atoms with Gasteiger partial charge in [-0.15, -0.1) is 0 Å². The average molecular weight is 710 g/mol. The number of benzene rings is 1. The van der Waals surface area contributed by atoms with Crippen molar-refractivity contribution in [3.8, 4) is 5.75 Å². The average Bonchev–Trinajstić information content (AvgIpc) is 3.23. The van der Waals surface area contributed by atoms with Gasteiger partial charge >= 0.3 is 5.97 Å². The minimum atomic E-state index is -2.13. The van der Waals surface area contributed by atoms with Crippen LogP contribution in [0.4, 0.5) is 0 Å². The van der Waals surface area contributed by atoms with Crippen molar-refractivity contribution in [1.82, 2.24) is 0 Å². The van der Waals surface area contributed by atoms with E-state index in [1.54, 1.807) is 0 Å². The van der Waals surface area contributed by atoms with E-state index in [1.807, 2.05) is 24.3 Å². The highest BCUT2D eigenvalue weighted by Gasteiger charge is 2.46. The largest absolute Gasteiger partial charge is 0.491 e. The number of esters is 1. The van der Waals surface area contributed by atoms with Crippen LogP contribution in [0, 0.1) is 11.8 Å². The molecular formula is C38H65ClO6Si2. The molecule has 1 aliphatic rings. The van der Waals surface area contributed by atoms with Crippen LogP contribution in [0.25, 0.3) is 0 Å². The highest BCUT2D eigenvalue weighted by molar-refractivity contribution is 6.74. The van der Waals surface area contributed by atoms with Gasteiger partial charge in [-0.3, -0.25) is 4.79 Å². The van der Waals surface area contributed by atoms with Crippen LogP contribution in [-0.4, -0.2) is 59.2 Å². The van der Waals surface area contributed by atoms with E-state index in [2.05, 4.69) is 99.0 Å². The smallest absolute Gasteiger partial charge is 0.305 e. The Balaban J connectivity index is 2.28. The molecule has 6 nitrogen and oxygen atoms in total. The zero-order valence-corrected chi connectivity index (χ0v) is 34.0. The summed E-state index contributed by atoms with van der Waals surface area (Å²) in [6.45, 7) is 25.5. The number of allylic oxidation sites excluding steroid dienone is 1. The molecule has 2 rings (SSSR count). The van der Waals surface area contributed by atoms with Crippen molar-refractivity contribution in [2.75, 3.05) is 13.2 Å². The number of unbranched alkanes of at least 4 members (excludes halogenated alkanes) is 3. The second-order valence-electron chi connectivity index (χ2n) is 16.2. The van der Waals surface area contributed by atoms with E-state index in [0.29, 0.717) is 36.8 Å². The molecule has 1 aromatic carbocycles. The first-order valence-electron chi connectivity index (χ1n) is 17.7. The second kappa shape index (κ2) is 18.5.